The van der Waals surface area contributed by atoms with E-state index in [2.05, 4.69) is 15.3 Å². The lowest BCUT2D eigenvalue weighted by atomic mass is 10.2. The highest BCUT2D eigenvalue weighted by Crippen LogP contribution is 2.28. The number of benzene rings is 1. The van der Waals surface area contributed by atoms with Crippen LogP contribution < -0.4 is 9.47 Å². The van der Waals surface area contributed by atoms with Crippen LogP contribution in [0, 0.1) is 4.77 Å². The van der Waals surface area contributed by atoms with Crippen molar-refractivity contribution >= 4 is 18.4 Å². The Kier molecular flexibility index (Phi) is 5.60. The Labute approximate surface area is 140 Å². The summed E-state index contributed by atoms with van der Waals surface area (Å²) in [6.07, 6.45) is -3.45. The van der Waals surface area contributed by atoms with Gasteiger partial charge >= 0.3 is 6.18 Å². The average molecular weight is 360 g/mol. The predicted molar refractivity (Wildman–Crippen MR) is 84.2 cm³/mol. The summed E-state index contributed by atoms with van der Waals surface area (Å²) in [5.41, 5.74) is 0.483. The van der Waals surface area contributed by atoms with Crippen LogP contribution >= 0.6 is 12.2 Å². The Bertz CT molecular complexity index is 783. The van der Waals surface area contributed by atoms with Gasteiger partial charge in [-0.3, -0.25) is 0 Å². The van der Waals surface area contributed by atoms with Crippen LogP contribution in [-0.4, -0.2) is 34.3 Å². The number of ether oxygens (including phenoxy) is 2. The normalized spacial score (nSPS) is 11.9. The van der Waals surface area contributed by atoms with E-state index in [4.69, 9.17) is 21.7 Å². The van der Waals surface area contributed by atoms with Crippen LogP contribution in [0.2, 0.25) is 0 Å². The molecule has 130 valence electrons. The van der Waals surface area contributed by atoms with E-state index >= 15 is 0 Å². The van der Waals surface area contributed by atoms with Crippen molar-refractivity contribution in [2.75, 3.05) is 13.2 Å². The summed E-state index contributed by atoms with van der Waals surface area (Å²) in [5, 5.41) is 9.00. The molecule has 0 aliphatic carbocycles. The van der Waals surface area contributed by atoms with Crippen LogP contribution in [0.1, 0.15) is 25.2 Å². The van der Waals surface area contributed by atoms with Crippen molar-refractivity contribution in [3.8, 4) is 11.5 Å². The maximum absolute atomic E-state index is 12.9. The van der Waals surface area contributed by atoms with Gasteiger partial charge in [0.15, 0.2) is 0 Å². The summed E-state index contributed by atoms with van der Waals surface area (Å²) in [6, 6.07) is 4.96. The Balaban J connectivity index is 2.39. The minimum absolute atomic E-state index is 0.262. The number of halogens is 3. The van der Waals surface area contributed by atoms with Gasteiger partial charge in [0, 0.05) is 11.6 Å². The fourth-order valence-corrected chi connectivity index (χ4v) is 2.04. The van der Waals surface area contributed by atoms with Gasteiger partial charge < -0.3 is 9.47 Å². The summed E-state index contributed by atoms with van der Waals surface area (Å²) in [5.74, 6) is -0.197. The summed E-state index contributed by atoms with van der Waals surface area (Å²) < 4.78 is 49.7. The number of H-pyrrole nitrogens is 1. The predicted octanol–water partition coefficient (Wildman–Crippen LogP) is 3.64. The Morgan fingerprint density at radius 1 is 1.29 bits per heavy atom. The number of aromatic nitrogens is 3. The van der Waals surface area contributed by atoms with E-state index < -0.39 is 12.0 Å². The van der Waals surface area contributed by atoms with Gasteiger partial charge in [0.25, 0.3) is 5.82 Å². The zero-order valence-electron chi connectivity index (χ0n) is 12.9. The van der Waals surface area contributed by atoms with Crippen molar-refractivity contribution < 1.29 is 22.6 Å². The lowest BCUT2D eigenvalue weighted by Crippen LogP contribution is -2.13. The van der Waals surface area contributed by atoms with Gasteiger partial charge in [0.1, 0.15) is 11.5 Å². The van der Waals surface area contributed by atoms with Gasteiger partial charge in [0.2, 0.25) is 4.77 Å². The maximum Gasteiger partial charge on any atom is 0.453 e. The minimum atomic E-state index is -4.67. The quantitative estimate of drug-likeness (QED) is 0.631. The molecule has 0 amide bonds. The van der Waals surface area contributed by atoms with Crippen molar-refractivity contribution in [3.63, 3.8) is 0 Å². The van der Waals surface area contributed by atoms with Gasteiger partial charge in [-0.2, -0.15) is 22.9 Å². The average Bonchev–Trinajstić information content (AvgIpc) is 2.88. The van der Waals surface area contributed by atoms with E-state index in [0.717, 1.165) is 0 Å². The van der Waals surface area contributed by atoms with Gasteiger partial charge in [-0.15, -0.1) is 5.10 Å². The third-order valence-corrected chi connectivity index (χ3v) is 3.08. The second-order valence-corrected chi connectivity index (χ2v) is 4.86. The molecule has 0 saturated heterocycles. The molecule has 24 heavy (non-hydrogen) atoms. The maximum atomic E-state index is 12.9. The fraction of sp³-hybridized carbons (Fsp3) is 0.357. The lowest BCUT2D eigenvalue weighted by molar-refractivity contribution is -0.147. The van der Waals surface area contributed by atoms with Crippen LogP contribution in [0.3, 0.4) is 0 Å². The first kappa shape index (κ1) is 18.0. The van der Waals surface area contributed by atoms with Crippen molar-refractivity contribution in [2.24, 2.45) is 5.10 Å². The molecule has 2 rings (SSSR count). The molecule has 1 N–H and O–H groups in total. The summed E-state index contributed by atoms with van der Waals surface area (Å²) in [4.78, 5) is 0. The zero-order valence-corrected chi connectivity index (χ0v) is 13.7. The molecule has 6 nitrogen and oxygen atoms in total. The zero-order chi connectivity index (χ0) is 17.7. The molecule has 0 aliphatic heterocycles. The third kappa shape index (κ3) is 4.13. The van der Waals surface area contributed by atoms with Gasteiger partial charge in [-0.1, -0.05) is 0 Å². The SMILES string of the molecule is CCOc1ccc(/C=N\n2c(C(F)(F)F)n[nH]c2=S)c(OCC)c1. The molecule has 2 aromatic rings. The van der Waals surface area contributed by atoms with Gasteiger partial charge in [-0.05, 0) is 38.2 Å². The first-order valence-corrected chi connectivity index (χ1v) is 7.46. The number of hydrogen-bond donors (Lipinski definition) is 1. The molecule has 0 fully saturated rings. The van der Waals surface area contributed by atoms with Gasteiger partial charge in [0.05, 0.1) is 19.4 Å². The fourth-order valence-electron chi connectivity index (χ4n) is 1.86. The van der Waals surface area contributed by atoms with Crippen LogP contribution in [0.4, 0.5) is 13.2 Å². The highest BCUT2D eigenvalue weighted by atomic mass is 32.1. The summed E-state index contributed by atoms with van der Waals surface area (Å²) >= 11 is 4.78. The third-order valence-electron chi connectivity index (χ3n) is 2.81. The van der Waals surface area contributed by atoms with Crippen molar-refractivity contribution in [3.05, 3.63) is 34.4 Å². The van der Waals surface area contributed by atoms with Crippen LogP contribution in [0.15, 0.2) is 23.3 Å². The molecule has 1 aromatic heterocycles. The number of nitrogens with zero attached hydrogens (tertiary/aromatic N) is 3. The van der Waals surface area contributed by atoms with E-state index in [-0.39, 0.29) is 4.77 Å². The Hall–Kier alpha value is -2.36. The lowest BCUT2D eigenvalue weighted by Gasteiger charge is -2.10. The molecule has 10 heteroatoms. The molecule has 0 atom stereocenters. The number of hydrogen-bond acceptors (Lipinski definition) is 5. The largest absolute Gasteiger partial charge is 0.494 e. The van der Waals surface area contributed by atoms with Crippen molar-refractivity contribution in [1.29, 1.82) is 0 Å². The highest BCUT2D eigenvalue weighted by molar-refractivity contribution is 7.71. The second kappa shape index (κ2) is 7.47. The standard InChI is InChI=1S/C14H15F3N4O2S/c1-3-22-10-6-5-9(11(7-10)23-4-2)8-18-21-12(14(15,16)17)19-20-13(21)24/h5-8H,3-4H2,1-2H3,(H,20,24)/b18-8-. The number of alkyl halides is 3. The van der Waals surface area contributed by atoms with Crippen molar-refractivity contribution in [1.82, 2.24) is 14.9 Å². The van der Waals surface area contributed by atoms with E-state index in [0.29, 0.717) is 35.0 Å². The summed E-state index contributed by atoms with van der Waals surface area (Å²) in [6.45, 7) is 4.50. The molecule has 1 heterocycles. The molecule has 0 aliphatic rings. The van der Waals surface area contributed by atoms with E-state index in [9.17, 15) is 13.2 Å². The Morgan fingerprint density at radius 2 is 2.00 bits per heavy atom. The topological polar surface area (TPSA) is 64.4 Å². The van der Waals surface area contributed by atoms with Crippen LogP contribution in [-0.2, 0) is 6.18 Å². The first-order valence-electron chi connectivity index (χ1n) is 7.05. The first-order chi connectivity index (χ1) is 11.4. The minimum Gasteiger partial charge on any atom is -0.494 e. The molecule has 0 bridgehead atoms. The molecular weight excluding hydrogens is 345 g/mol. The smallest absolute Gasteiger partial charge is 0.453 e. The molecule has 0 spiro atoms. The number of nitrogens with one attached hydrogen (secondary N) is 1. The second-order valence-electron chi connectivity index (χ2n) is 4.47. The monoisotopic (exact) mass is 360 g/mol. The molecular formula is C14H15F3N4O2S. The number of aromatic amines is 1. The summed E-state index contributed by atoms with van der Waals surface area (Å²) in [7, 11) is 0. The van der Waals surface area contributed by atoms with Gasteiger partial charge in [-0.25, -0.2) is 5.10 Å². The van der Waals surface area contributed by atoms with E-state index in [1.807, 2.05) is 6.92 Å². The van der Waals surface area contributed by atoms with E-state index in [1.165, 1.54) is 6.21 Å². The van der Waals surface area contributed by atoms with Crippen molar-refractivity contribution in [2.45, 2.75) is 20.0 Å². The van der Waals surface area contributed by atoms with E-state index in [1.54, 1.807) is 25.1 Å². The van der Waals surface area contributed by atoms with Crippen LogP contribution in [0.25, 0.3) is 0 Å². The molecule has 1 aromatic carbocycles. The highest BCUT2D eigenvalue weighted by Gasteiger charge is 2.37. The molecule has 0 radical (unpaired) electrons. The Morgan fingerprint density at radius 3 is 2.62 bits per heavy atom. The number of rotatable bonds is 6. The van der Waals surface area contributed by atoms with Crippen LogP contribution in [0.5, 0.6) is 11.5 Å². The molecule has 0 unspecified atom stereocenters. The molecule has 0 saturated carbocycles.